The summed E-state index contributed by atoms with van der Waals surface area (Å²) >= 11 is 6.85. The minimum Gasteiger partial charge on any atom is -0.272 e. The Morgan fingerprint density at radius 1 is 0.704 bits per heavy atom. The van der Waals surface area contributed by atoms with Crippen LogP contribution in [0.1, 0.15) is 28.8 Å². The third kappa shape index (κ3) is 2.91. The molecular weight excluding hydrogens is 352 g/mol. The highest BCUT2D eigenvalue weighted by Crippen LogP contribution is 2.61. The average molecular weight is 371 g/mol. The smallest absolute Gasteiger partial charge is 0.0760 e. The molecule has 132 valence electrons. The Bertz CT molecular complexity index is 996. The summed E-state index contributed by atoms with van der Waals surface area (Å²) in [6.07, 6.45) is 1.92. The summed E-state index contributed by atoms with van der Waals surface area (Å²) in [5.74, 6) is 0. The molecule has 3 aromatic rings. The largest absolute Gasteiger partial charge is 0.272 e. The van der Waals surface area contributed by atoms with Crippen molar-refractivity contribution < 1.29 is 0 Å². The predicted octanol–water partition coefficient (Wildman–Crippen LogP) is 5.74. The van der Waals surface area contributed by atoms with Gasteiger partial charge in [-0.05, 0) is 16.7 Å². The summed E-state index contributed by atoms with van der Waals surface area (Å²) in [5.41, 5.74) is 4.61. The van der Waals surface area contributed by atoms with Crippen molar-refractivity contribution in [3.63, 3.8) is 0 Å². The molecule has 0 saturated carbocycles. The summed E-state index contributed by atoms with van der Waals surface area (Å²) in [7, 11) is 0. The number of rotatable bonds is 4. The van der Waals surface area contributed by atoms with E-state index in [0.717, 1.165) is 16.3 Å². The third-order valence-corrected chi connectivity index (χ3v) is 5.72. The van der Waals surface area contributed by atoms with Gasteiger partial charge in [-0.25, -0.2) is 0 Å². The molecular formula is C24H19ClN2. The van der Waals surface area contributed by atoms with Gasteiger partial charge in [0.2, 0.25) is 0 Å². The first kappa shape index (κ1) is 16.5. The van der Waals surface area contributed by atoms with Crippen LogP contribution in [0.2, 0.25) is 0 Å². The van der Waals surface area contributed by atoms with E-state index in [0.29, 0.717) is 6.04 Å². The fourth-order valence-electron chi connectivity index (χ4n) is 4.05. The minimum absolute atomic E-state index is 0.0750. The fourth-order valence-corrected chi connectivity index (χ4v) is 4.45. The van der Waals surface area contributed by atoms with Crippen LogP contribution in [0.15, 0.2) is 107 Å². The molecule has 5 rings (SSSR count). The third-order valence-electron chi connectivity index (χ3n) is 5.32. The second-order valence-corrected chi connectivity index (χ2v) is 7.37. The number of fused-ring (bicyclic) bond motifs is 1. The number of hydrogen-bond donors (Lipinski definition) is 0. The Kier molecular flexibility index (Phi) is 4.16. The van der Waals surface area contributed by atoms with Crippen LogP contribution in [-0.2, 0) is 0 Å². The van der Waals surface area contributed by atoms with Crippen molar-refractivity contribution in [3.8, 4) is 0 Å². The van der Waals surface area contributed by atoms with Gasteiger partial charge in [0, 0.05) is 6.21 Å². The van der Waals surface area contributed by atoms with Crippen molar-refractivity contribution in [3.05, 3.63) is 118 Å². The standard InChI is InChI=1S/C24H19ClN2/c25-20-21(26-16-17-10-4-1-5-11-17)24-23(19-14-8-3-9-15-19)27(24)22(20)18-12-6-2-7-13-18/h1-16,22-24H. The molecule has 2 heterocycles. The van der Waals surface area contributed by atoms with Gasteiger partial charge >= 0.3 is 0 Å². The first-order valence-corrected chi connectivity index (χ1v) is 9.58. The van der Waals surface area contributed by atoms with Crippen molar-refractivity contribution in [2.45, 2.75) is 18.1 Å². The van der Waals surface area contributed by atoms with Gasteiger partial charge in [-0.3, -0.25) is 9.89 Å². The number of nitrogens with zero attached hydrogens (tertiary/aromatic N) is 2. The lowest BCUT2D eigenvalue weighted by molar-refractivity contribution is 0.444. The molecule has 4 unspecified atom stereocenters. The summed E-state index contributed by atoms with van der Waals surface area (Å²) in [6.45, 7) is 0. The second-order valence-electron chi connectivity index (χ2n) is 6.96. The Hall–Kier alpha value is -2.68. The van der Waals surface area contributed by atoms with E-state index in [1.54, 1.807) is 0 Å². The number of benzene rings is 3. The van der Waals surface area contributed by atoms with Gasteiger partial charge in [0.1, 0.15) is 0 Å². The Balaban J connectivity index is 1.54. The molecule has 0 bridgehead atoms. The van der Waals surface area contributed by atoms with Crippen molar-refractivity contribution in [1.29, 1.82) is 0 Å². The lowest BCUT2D eigenvalue weighted by Gasteiger charge is -2.17. The maximum absolute atomic E-state index is 6.85. The zero-order valence-corrected chi connectivity index (χ0v) is 15.5. The molecule has 1 fully saturated rings. The van der Waals surface area contributed by atoms with Crippen LogP contribution in [0.5, 0.6) is 0 Å². The van der Waals surface area contributed by atoms with E-state index in [2.05, 4.69) is 71.6 Å². The molecule has 0 aromatic heterocycles. The van der Waals surface area contributed by atoms with E-state index in [9.17, 15) is 0 Å². The lowest BCUT2D eigenvalue weighted by Crippen LogP contribution is -2.08. The van der Waals surface area contributed by atoms with Crippen LogP contribution < -0.4 is 0 Å². The van der Waals surface area contributed by atoms with Crippen LogP contribution in [-0.4, -0.2) is 17.2 Å². The highest BCUT2D eigenvalue weighted by molar-refractivity contribution is 6.31. The van der Waals surface area contributed by atoms with E-state index >= 15 is 0 Å². The fraction of sp³-hybridized carbons (Fsp3) is 0.125. The van der Waals surface area contributed by atoms with Crippen molar-refractivity contribution in [2.75, 3.05) is 0 Å². The molecule has 2 aliphatic rings. The first-order chi connectivity index (χ1) is 13.3. The summed E-state index contributed by atoms with van der Waals surface area (Å²) < 4.78 is 0. The van der Waals surface area contributed by atoms with E-state index in [-0.39, 0.29) is 12.1 Å². The van der Waals surface area contributed by atoms with Gasteiger partial charge in [-0.1, -0.05) is 103 Å². The van der Waals surface area contributed by atoms with E-state index < -0.39 is 0 Å². The van der Waals surface area contributed by atoms with Crippen LogP contribution in [0.25, 0.3) is 0 Å². The Morgan fingerprint density at radius 2 is 1.26 bits per heavy atom. The molecule has 2 nitrogen and oxygen atoms in total. The maximum atomic E-state index is 6.85. The molecule has 0 aliphatic carbocycles. The van der Waals surface area contributed by atoms with Gasteiger partial charge in [0.15, 0.2) is 0 Å². The van der Waals surface area contributed by atoms with Crippen molar-refractivity contribution in [1.82, 2.24) is 4.90 Å². The number of hydrogen-bond acceptors (Lipinski definition) is 2. The molecule has 3 heteroatoms. The molecule has 3 aromatic carbocycles. The average Bonchev–Trinajstić information content (AvgIpc) is 3.37. The summed E-state index contributed by atoms with van der Waals surface area (Å²) in [5, 5.41) is 0.838. The zero-order chi connectivity index (χ0) is 18.2. The Labute approximate surface area is 164 Å². The van der Waals surface area contributed by atoms with Gasteiger partial charge in [0.05, 0.1) is 28.9 Å². The van der Waals surface area contributed by atoms with Crippen molar-refractivity contribution in [2.24, 2.45) is 4.99 Å². The molecule has 0 radical (unpaired) electrons. The molecule has 0 amide bonds. The van der Waals surface area contributed by atoms with Gasteiger partial charge in [-0.2, -0.15) is 0 Å². The van der Waals surface area contributed by atoms with Crippen LogP contribution >= 0.6 is 11.6 Å². The van der Waals surface area contributed by atoms with Gasteiger partial charge < -0.3 is 0 Å². The second kappa shape index (κ2) is 6.80. The zero-order valence-electron chi connectivity index (χ0n) is 14.7. The highest BCUT2D eigenvalue weighted by atomic mass is 35.5. The predicted molar refractivity (Wildman–Crippen MR) is 111 cm³/mol. The molecule has 2 aliphatic heterocycles. The maximum Gasteiger partial charge on any atom is 0.0760 e. The molecule has 0 N–H and O–H groups in total. The quantitative estimate of drug-likeness (QED) is 0.422. The molecule has 0 spiro atoms. The normalized spacial score (nSPS) is 26.4. The van der Waals surface area contributed by atoms with Crippen LogP contribution in [0.4, 0.5) is 0 Å². The SMILES string of the molecule is ClC1=C(N=Cc2ccccc2)C2C(c3ccccc3)N2C1c1ccccc1. The highest BCUT2D eigenvalue weighted by Gasteiger charge is 2.60. The van der Waals surface area contributed by atoms with Crippen LogP contribution in [0.3, 0.4) is 0 Å². The van der Waals surface area contributed by atoms with Crippen molar-refractivity contribution >= 4 is 17.8 Å². The van der Waals surface area contributed by atoms with E-state index in [1.807, 2.05) is 30.5 Å². The number of aliphatic imine (C=N–C) groups is 1. The van der Waals surface area contributed by atoms with Crippen LogP contribution in [0, 0.1) is 0 Å². The van der Waals surface area contributed by atoms with E-state index in [1.165, 1.54) is 11.1 Å². The number of halogens is 1. The monoisotopic (exact) mass is 370 g/mol. The molecule has 4 atom stereocenters. The summed E-state index contributed by atoms with van der Waals surface area (Å²) in [6, 6.07) is 31.9. The van der Waals surface area contributed by atoms with Gasteiger partial charge in [0.25, 0.3) is 0 Å². The van der Waals surface area contributed by atoms with Gasteiger partial charge in [-0.15, -0.1) is 0 Å². The first-order valence-electron chi connectivity index (χ1n) is 9.20. The Morgan fingerprint density at radius 3 is 1.89 bits per heavy atom. The minimum atomic E-state index is 0.0750. The lowest BCUT2D eigenvalue weighted by atomic mass is 10.0. The molecule has 1 saturated heterocycles. The van der Waals surface area contributed by atoms with E-state index in [4.69, 9.17) is 16.6 Å². The topological polar surface area (TPSA) is 15.4 Å². The molecule has 27 heavy (non-hydrogen) atoms. The summed E-state index contributed by atoms with van der Waals surface area (Å²) in [4.78, 5) is 7.29.